The Morgan fingerprint density at radius 3 is 1.24 bits per heavy atom. The number of rotatable bonds is 8. The zero-order chi connectivity index (χ0) is 38.1. The van der Waals surface area contributed by atoms with Gasteiger partial charge in [0, 0.05) is 43.3 Å². The lowest BCUT2D eigenvalue weighted by Crippen LogP contribution is -2.13. The van der Waals surface area contributed by atoms with Gasteiger partial charge < -0.3 is 10.6 Å². The molecule has 0 aliphatic heterocycles. The zero-order valence-electron chi connectivity index (χ0n) is 28.7. The zero-order valence-corrected chi connectivity index (χ0v) is 31.0. The second kappa shape index (κ2) is 14.8. The summed E-state index contributed by atoms with van der Waals surface area (Å²) in [6.45, 7) is 0. The van der Waals surface area contributed by atoms with Crippen molar-refractivity contribution in [1.82, 2.24) is 9.97 Å². The number of sulfone groups is 1. The molecule has 2 aromatic heterocycles. The number of aromatic nitrogens is 2. The Labute approximate surface area is 326 Å². The van der Waals surface area contributed by atoms with Crippen LogP contribution < -0.4 is 10.6 Å². The van der Waals surface area contributed by atoms with Gasteiger partial charge in [0.25, 0.3) is 11.8 Å². The van der Waals surface area contributed by atoms with Crippen molar-refractivity contribution in [1.29, 1.82) is 0 Å². The third-order valence-electron chi connectivity index (χ3n) is 9.07. The van der Waals surface area contributed by atoms with Crippen molar-refractivity contribution in [3.8, 4) is 22.5 Å². The molecular formula is C44H28Cl2N4O4S. The molecule has 0 atom stereocenters. The van der Waals surface area contributed by atoms with Crippen LogP contribution in [0.4, 0.5) is 11.4 Å². The maximum atomic E-state index is 13.6. The van der Waals surface area contributed by atoms with Crippen LogP contribution in [0.3, 0.4) is 0 Å². The van der Waals surface area contributed by atoms with Gasteiger partial charge in [0.15, 0.2) is 0 Å². The Kier molecular flexibility index (Phi) is 9.59. The van der Waals surface area contributed by atoms with Crippen LogP contribution in [-0.4, -0.2) is 30.2 Å². The first-order valence-electron chi connectivity index (χ1n) is 17.0. The Morgan fingerprint density at radius 1 is 0.473 bits per heavy atom. The van der Waals surface area contributed by atoms with Crippen LogP contribution in [0.1, 0.15) is 20.7 Å². The molecular weight excluding hydrogens is 751 g/mol. The van der Waals surface area contributed by atoms with Crippen molar-refractivity contribution in [2.75, 3.05) is 10.6 Å². The fourth-order valence-corrected chi connectivity index (χ4v) is 8.03. The van der Waals surface area contributed by atoms with Gasteiger partial charge in [-0.3, -0.25) is 9.59 Å². The van der Waals surface area contributed by atoms with Crippen LogP contribution in [0.2, 0.25) is 10.0 Å². The summed E-state index contributed by atoms with van der Waals surface area (Å²) in [4.78, 5) is 36.8. The number of anilines is 2. The molecule has 0 saturated heterocycles. The van der Waals surface area contributed by atoms with Gasteiger partial charge in [0.05, 0.1) is 43.3 Å². The topological polar surface area (TPSA) is 118 Å². The van der Waals surface area contributed by atoms with Crippen molar-refractivity contribution in [2.24, 2.45) is 0 Å². The SMILES string of the molecule is O=C(Nc1ccc(S(=O)(=O)c2ccc(NC(=O)c3cc(-c4ccccc4Cl)nc4ccccc34)cc2)cc1)c1cc(-c2ccccc2Cl)nc2ccccc12. The number of fused-ring (bicyclic) bond motifs is 2. The van der Waals surface area contributed by atoms with Crippen LogP contribution in [0.15, 0.2) is 168 Å². The van der Waals surface area contributed by atoms with E-state index in [1.165, 1.54) is 48.5 Å². The highest BCUT2D eigenvalue weighted by molar-refractivity contribution is 7.91. The lowest BCUT2D eigenvalue weighted by molar-refractivity contribution is 0.102. The highest BCUT2D eigenvalue weighted by atomic mass is 35.5. The summed E-state index contributed by atoms with van der Waals surface area (Å²) in [6, 6.07) is 44.5. The second-order valence-electron chi connectivity index (χ2n) is 12.6. The molecule has 0 bridgehead atoms. The van der Waals surface area contributed by atoms with E-state index < -0.39 is 9.84 Å². The van der Waals surface area contributed by atoms with Gasteiger partial charge in [0.1, 0.15) is 0 Å². The summed E-state index contributed by atoms with van der Waals surface area (Å²) in [6.07, 6.45) is 0. The van der Waals surface area contributed by atoms with Crippen LogP contribution in [0, 0.1) is 0 Å². The first-order valence-corrected chi connectivity index (χ1v) is 19.3. The maximum Gasteiger partial charge on any atom is 0.256 e. The molecule has 0 aliphatic carbocycles. The molecule has 2 amide bonds. The minimum absolute atomic E-state index is 0.0352. The van der Waals surface area contributed by atoms with E-state index in [1.807, 2.05) is 84.9 Å². The van der Waals surface area contributed by atoms with Crippen molar-refractivity contribution in [3.05, 3.63) is 179 Å². The molecule has 55 heavy (non-hydrogen) atoms. The number of halogens is 2. The minimum atomic E-state index is -3.94. The van der Waals surface area contributed by atoms with Gasteiger partial charge in [-0.05, 0) is 84.9 Å². The number of pyridine rings is 2. The Morgan fingerprint density at radius 2 is 0.836 bits per heavy atom. The molecule has 2 heterocycles. The number of nitrogens with one attached hydrogen (secondary N) is 2. The first kappa shape index (κ1) is 35.6. The predicted molar refractivity (Wildman–Crippen MR) is 219 cm³/mol. The highest BCUT2D eigenvalue weighted by Crippen LogP contribution is 2.32. The Balaban J connectivity index is 1.000. The van der Waals surface area contributed by atoms with Gasteiger partial charge in [-0.15, -0.1) is 0 Å². The van der Waals surface area contributed by atoms with Crippen molar-refractivity contribution in [3.63, 3.8) is 0 Å². The summed E-state index contributed by atoms with van der Waals surface area (Å²) in [5.41, 5.74) is 5.34. The fourth-order valence-electron chi connectivity index (χ4n) is 6.31. The molecule has 268 valence electrons. The number of nitrogens with zero attached hydrogens (tertiary/aromatic N) is 2. The molecule has 0 saturated carbocycles. The molecule has 8 rings (SSSR count). The number of hydrogen-bond donors (Lipinski definition) is 2. The van der Waals surface area contributed by atoms with E-state index in [0.717, 1.165) is 0 Å². The Bertz CT molecular complexity index is 2710. The summed E-state index contributed by atoms with van der Waals surface area (Å²) in [5, 5.41) is 8.10. The van der Waals surface area contributed by atoms with Gasteiger partial charge in [-0.1, -0.05) is 96.0 Å². The number of para-hydroxylation sites is 2. The lowest BCUT2D eigenvalue weighted by Gasteiger charge is -2.12. The molecule has 8 nitrogen and oxygen atoms in total. The van der Waals surface area contributed by atoms with Crippen molar-refractivity contribution in [2.45, 2.75) is 9.79 Å². The number of carbonyl (C=O) groups is 2. The van der Waals surface area contributed by atoms with Crippen molar-refractivity contribution < 1.29 is 18.0 Å². The quantitative estimate of drug-likeness (QED) is 0.159. The summed E-state index contributed by atoms with van der Waals surface area (Å²) >= 11 is 12.9. The molecule has 11 heteroatoms. The largest absolute Gasteiger partial charge is 0.322 e. The van der Waals surface area contributed by atoms with Crippen LogP contribution in [0.5, 0.6) is 0 Å². The van der Waals surface area contributed by atoms with E-state index in [0.29, 0.717) is 76.9 Å². The average molecular weight is 780 g/mol. The average Bonchev–Trinajstić information content (AvgIpc) is 3.20. The second-order valence-corrected chi connectivity index (χ2v) is 15.3. The Hall–Kier alpha value is -6.39. The van der Waals surface area contributed by atoms with E-state index >= 15 is 0 Å². The van der Waals surface area contributed by atoms with Crippen molar-refractivity contribution >= 4 is 78.0 Å². The number of hydrogen-bond acceptors (Lipinski definition) is 6. The van der Waals surface area contributed by atoms with E-state index in [4.69, 9.17) is 33.2 Å². The predicted octanol–water partition coefficient (Wildman–Crippen LogP) is 10.8. The van der Waals surface area contributed by atoms with E-state index in [2.05, 4.69) is 10.6 Å². The fraction of sp³-hybridized carbons (Fsp3) is 0. The number of benzene rings is 6. The van der Waals surface area contributed by atoms with E-state index in [1.54, 1.807) is 24.3 Å². The van der Waals surface area contributed by atoms with Gasteiger partial charge in [-0.2, -0.15) is 0 Å². The van der Waals surface area contributed by atoms with Crippen LogP contribution >= 0.6 is 23.2 Å². The molecule has 2 N–H and O–H groups in total. The number of amides is 2. The first-order chi connectivity index (χ1) is 26.7. The normalized spacial score (nSPS) is 11.4. The molecule has 0 unspecified atom stereocenters. The van der Waals surface area contributed by atoms with Gasteiger partial charge in [-0.25, -0.2) is 18.4 Å². The molecule has 0 spiro atoms. The maximum absolute atomic E-state index is 13.6. The summed E-state index contributed by atoms with van der Waals surface area (Å²) in [7, 11) is -3.94. The minimum Gasteiger partial charge on any atom is -0.322 e. The van der Waals surface area contributed by atoms with Crippen LogP contribution in [0.25, 0.3) is 44.3 Å². The lowest BCUT2D eigenvalue weighted by atomic mass is 10.0. The third-order valence-corrected chi connectivity index (χ3v) is 11.5. The smallest absolute Gasteiger partial charge is 0.256 e. The van der Waals surface area contributed by atoms with Crippen LogP contribution in [-0.2, 0) is 9.84 Å². The molecule has 8 aromatic rings. The van der Waals surface area contributed by atoms with Gasteiger partial charge in [0.2, 0.25) is 9.84 Å². The molecule has 6 aromatic carbocycles. The highest BCUT2D eigenvalue weighted by Gasteiger charge is 2.20. The standard InChI is InChI=1S/C44H28Cl2N4O4S/c45-37-13-5-1-11-33(37)41-25-35(31-9-3-7-15-39(31)49-41)43(51)47-27-17-21-29(22-18-27)55(53,54)30-23-19-28(20-24-30)48-44(52)36-26-42(34-12-2-6-14-38(34)46)50-40-16-8-4-10-32(36)40/h1-26H,(H,47,51)(H,48,52). The summed E-state index contributed by atoms with van der Waals surface area (Å²) in [5.74, 6) is -0.778. The third kappa shape index (κ3) is 7.16. The van der Waals surface area contributed by atoms with Gasteiger partial charge >= 0.3 is 0 Å². The number of carbonyl (C=O) groups excluding carboxylic acids is 2. The summed E-state index contributed by atoms with van der Waals surface area (Å²) < 4.78 is 27.3. The molecule has 0 fully saturated rings. The molecule has 0 aliphatic rings. The van der Waals surface area contributed by atoms with E-state index in [-0.39, 0.29) is 21.6 Å². The van der Waals surface area contributed by atoms with E-state index in [9.17, 15) is 18.0 Å². The monoisotopic (exact) mass is 778 g/mol. The molecule has 0 radical (unpaired) electrons.